The van der Waals surface area contributed by atoms with Gasteiger partial charge in [0.2, 0.25) is 0 Å². The molecule has 2 heterocycles. The summed E-state index contributed by atoms with van der Waals surface area (Å²) in [5.74, 6) is 5.33. The van der Waals surface area contributed by atoms with Crippen molar-refractivity contribution in [1.29, 1.82) is 0 Å². The van der Waals surface area contributed by atoms with Crippen LogP contribution in [-0.4, -0.2) is 16.8 Å². The molecule has 3 aromatic rings. The van der Waals surface area contributed by atoms with Gasteiger partial charge >= 0.3 is 0 Å². The predicted molar refractivity (Wildman–Crippen MR) is 95.4 cm³/mol. The highest BCUT2D eigenvalue weighted by atomic mass is 35.5. The SMILES string of the molecule is Nc1ncc2ccc(Cl)cc2c1C#Cc1cccc2c1C(=O)NC2=O. The van der Waals surface area contributed by atoms with E-state index >= 15 is 0 Å². The Labute approximate surface area is 147 Å². The summed E-state index contributed by atoms with van der Waals surface area (Å²) in [6.07, 6.45) is 1.65. The Morgan fingerprint density at radius 3 is 2.76 bits per heavy atom. The van der Waals surface area contributed by atoms with Gasteiger partial charge in [0.25, 0.3) is 11.8 Å². The smallest absolute Gasteiger partial charge is 0.260 e. The molecule has 0 fully saturated rings. The molecular weight excluding hydrogens is 338 g/mol. The monoisotopic (exact) mass is 347 g/mol. The summed E-state index contributed by atoms with van der Waals surface area (Å²) >= 11 is 6.07. The van der Waals surface area contributed by atoms with Crippen molar-refractivity contribution in [2.75, 3.05) is 5.73 Å². The molecule has 5 nitrogen and oxygen atoms in total. The van der Waals surface area contributed by atoms with Gasteiger partial charge in [0, 0.05) is 27.6 Å². The van der Waals surface area contributed by atoms with Gasteiger partial charge < -0.3 is 5.73 Å². The van der Waals surface area contributed by atoms with Crippen molar-refractivity contribution in [3.05, 3.63) is 69.9 Å². The second kappa shape index (κ2) is 5.62. The summed E-state index contributed by atoms with van der Waals surface area (Å²) in [6.45, 7) is 0. The number of anilines is 1. The number of nitrogens with zero attached hydrogens (tertiary/aromatic N) is 1. The molecule has 0 aliphatic carbocycles. The van der Waals surface area contributed by atoms with Gasteiger partial charge in [-0.3, -0.25) is 14.9 Å². The number of nitrogens with two attached hydrogens (primary N) is 1. The Kier molecular flexibility index (Phi) is 3.41. The largest absolute Gasteiger partial charge is 0.383 e. The van der Waals surface area contributed by atoms with Crippen LogP contribution in [0.5, 0.6) is 0 Å². The van der Waals surface area contributed by atoms with Gasteiger partial charge in [-0.25, -0.2) is 4.98 Å². The number of aromatic nitrogens is 1. The number of hydrogen-bond acceptors (Lipinski definition) is 4. The zero-order valence-electron chi connectivity index (χ0n) is 12.8. The molecule has 2 aromatic carbocycles. The van der Waals surface area contributed by atoms with E-state index in [9.17, 15) is 9.59 Å². The number of halogens is 1. The maximum Gasteiger partial charge on any atom is 0.260 e. The number of hydrogen-bond donors (Lipinski definition) is 2. The molecule has 0 bridgehead atoms. The molecule has 2 amide bonds. The second-order valence-corrected chi connectivity index (χ2v) is 5.95. The number of pyridine rings is 1. The summed E-state index contributed by atoms with van der Waals surface area (Å²) in [4.78, 5) is 27.9. The van der Waals surface area contributed by atoms with Crippen molar-refractivity contribution in [2.24, 2.45) is 0 Å². The van der Waals surface area contributed by atoms with Gasteiger partial charge in [-0.2, -0.15) is 0 Å². The lowest BCUT2D eigenvalue weighted by Gasteiger charge is -2.04. The Morgan fingerprint density at radius 2 is 1.92 bits per heavy atom. The van der Waals surface area contributed by atoms with Crippen LogP contribution < -0.4 is 11.1 Å². The Hall–Kier alpha value is -3.36. The number of rotatable bonds is 0. The summed E-state index contributed by atoms with van der Waals surface area (Å²) in [6, 6.07) is 10.3. The standard InChI is InChI=1S/C19H10ClN3O2/c20-12-6-4-11-9-22-17(21)13(15(11)8-12)7-5-10-2-1-3-14-16(10)19(25)23-18(14)24/h1-4,6,8-9H,(H2,21,22)(H,23,24,25). The first-order valence-electron chi connectivity index (χ1n) is 7.39. The number of nitrogen functional groups attached to an aromatic ring is 1. The molecule has 4 rings (SSSR count). The van der Waals surface area contributed by atoms with Gasteiger partial charge in [-0.05, 0) is 24.3 Å². The third kappa shape index (κ3) is 2.49. The molecule has 1 aromatic heterocycles. The lowest BCUT2D eigenvalue weighted by atomic mass is 10.0. The number of benzene rings is 2. The van der Waals surface area contributed by atoms with Gasteiger partial charge in [0.05, 0.1) is 16.7 Å². The summed E-state index contributed by atoms with van der Waals surface area (Å²) < 4.78 is 0. The summed E-state index contributed by atoms with van der Waals surface area (Å²) in [7, 11) is 0. The average Bonchev–Trinajstić information content (AvgIpc) is 2.89. The van der Waals surface area contributed by atoms with Crippen LogP contribution in [0.15, 0.2) is 42.6 Å². The van der Waals surface area contributed by atoms with E-state index in [0.717, 1.165) is 10.8 Å². The van der Waals surface area contributed by atoms with Gasteiger partial charge in [0.15, 0.2) is 0 Å². The molecule has 25 heavy (non-hydrogen) atoms. The van der Waals surface area contributed by atoms with Crippen molar-refractivity contribution in [2.45, 2.75) is 0 Å². The molecule has 0 saturated heterocycles. The maximum absolute atomic E-state index is 12.0. The number of amides is 2. The molecule has 0 spiro atoms. The number of nitrogens with one attached hydrogen (secondary N) is 1. The Balaban J connectivity index is 1.91. The fourth-order valence-corrected chi connectivity index (χ4v) is 2.96. The predicted octanol–water partition coefficient (Wildman–Crippen LogP) is 2.75. The van der Waals surface area contributed by atoms with Crippen molar-refractivity contribution in [1.82, 2.24) is 10.3 Å². The Morgan fingerprint density at radius 1 is 1.08 bits per heavy atom. The molecule has 3 N–H and O–H groups in total. The molecule has 0 saturated carbocycles. The van der Waals surface area contributed by atoms with Crippen LogP contribution in [0.1, 0.15) is 31.8 Å². The molecular formula is C19H10ClN3O2. The van der Waals surface area contributed by atoms with Crippen molar-refractivity contribution < 1.29 is 9.59 Å². The van der Waals surface area contributed by atoms with E-state index in [-0.39, 0.29) is 11.4 Å². The topological polar surface area (TPSA) is 85.1 Å². The van der Waals surface area contributed by atoms with Crippen molar-refractivity contribution >= 4 is 40.0 Å². The highest BCUT2D eigenvalue weighted by molar-refractivity contribution is 6.31. The summed E-state index contributed by atoms with van der Waals surface area (Å²) in [5.41, 5.74) is 7.57. The number of carbonyl (C=O) groups is 2. The highest BCUT2D eigenvalue weighted by Gasteiger charge is 2.28. The van der Waals surface area contributed by atoms with Gasteiger partial charge in [-0.1, -0.05) is 35.6 Å². The minimum atomic E-state index is -0.447. The van der Waals surface area contributed by atoms with E-state index in [1.165, 1.54) is 0 Å². The molecule has 0 unspecified atom stereocenters. The minimum absolute atomic E-state index is 0.273. The third-order valence-corrected chi connectivity index (χ3v) is 4.20. The Bertz CT molecular complexity index is 1140. The third-order valence-electron chi connectivity index (χ3n) is 3.97. The first-order chi connectivity index (χ1) is 12.0. The van der Waals surface area contributed by atoms with Gasteiger partial charge in [-0.15, -0.1) is 0 Å². The quantitative estimate of drug-likeness (QED) is 0.483. The zero-order chi connectivity index (χ0) is 17.6. The summed E-state index contributed by atoms with van der Waals surface area (Å²) in [5, 5.41) is 4.46. The van der Waals surface area contributed by atoms with Gasteiger partial charge in [0.1, 0.15) is 5.82 Å². The van der Waals surface area contributed by atoms with Crippen molar-refractivity contribution in [3.63, 3.8) is 0 Å². The zero-order valence-corrected chi connectivity index (χ0v) is 13.5. The molecule has 6 heteroatoms. The van der Waals surface area contributed by atoms with E-state index in [1.807, 2.05) is 6.07 Å². The van der Waals surface area contributed by atoms with E-state index < -0.39 is 11.8 Å². The van der Waals surface area contributed by atoms with E-state index in [0.29, 0.717) is 21.7 Å². The van der Waals surface area contributed by atoms with Crippen LogP contribution >= 0.6 is 11.6 Å². The van der Waals surface area contributed by atoms with Crippen LogP contribution in [0.2, 0.25) is 5.02 Å². The average molecular weight is 348 g/mol. The lowest BCUT2D eigenvalue weighted by molar-refractivity contribution is 0.0879. The van der Waals surface area contributed by atoms with Crippen LogP contribution in [0.3, 0.4) is 0 Å². The molecule has 120 valence electrons. The first kappa shape index (κ1) is 15.2. The normalized spacial score (nSPS) is 12.5. The molecule has 0 radical (unpaired) electrons. The second-order valence-electron chi connectivity index (χ2n) is 5.51. The number of carbonyl (C=O) groups excluding carboxylic acids is 2. The lowest BCUT2D eigenvalue weighted by Crippen LogP contribution is -2.20. The molecule has 1 aliphatic heterocycles. The number of fused-ring (bicyclic) bond motifs is 2. The fraction of sp³-hybridized carbons (Fsp3) is 0. The van der Waals surface area contributed by atoms with E-state index in [2.05, 4.69) is 22.1 Å². The number of imide groups is 1. The fourth-order valence-electron chi connectivity index (χ4n) is 2.78. The van der Waals surface area contributed by atoms with E-state index in [4.69, 9.17) is 17.3 Å². The van der Waals surface area contributed by atoms with Crippen LogP contribution in [0.4, 0.5) is 5.82 Å². The van der Waals surface area contributed by atoms with Crippen LogP contribution in [-0.2, 0) is 0 Å². The van der Waals surface area contributed by atoms with E-state index in [1.54, 1.807) is 36.5 Å². The van der Waals surface area contributed by atoms with Crippen LogP contribution in [0.25, 0.3) is 10.8 Å². The highest BCUT2D eigenvalue weighted by Crippen LogP contribution is 2.25. The van der Waals surface area contributed by atoms with Crippen molar-refractivity contribution in [3.8, 4) is 11.8 Å². The van der Waals surface area contributed by atoms with Crippen LogP contribution in [0, 0.1) is 11.8 Å². The maximum atomic E-state index is 12.0. The first-order valence-corrected chi connectivity index (χ1v) is 7.77. The minimum Gasteiger partial charge on any atom is -0.383 e. The molecule has 1 aliphatic rings. The molecule has 0 atom stereocenters.